The van der Waals surface area contributed by atoms with Crippen LogP contribution in [0.25, 0.3) is 0 Å². The van der Waals surface area contributed by atoms with E-state index in [0.29, 0.717) is 35.1 Å². The summed E-state index contributed by atoms with van der Waals surface area (Å²) in [6.07, 6.45) is 2.60. The standard InChI is InChI=1S/C26H35N3O4/c1-5-18(2)17-27-25(30)20-9-6-7-10-21(20)29-15-13-19(14-16-29)28-26(31)24-22(32-3)11-8-12-23(24)33-4/h6-12,18-19H,5,13-17H2,1-4H3,(H,27,30)(H,28,31). The molecular formula is C26H35N3O4. The van der Waals surface area contributed by atoms with Crippen LogP contribution in [0.1, 0.15) is 53.8 Å². The highest BCUT2D eigenvalue weighted by Gasteiger charge is 2.26. The highest BCUT2D eigenvalue weighted by molar-refractivity contribution is 6.00. The molecule has 7 heteroatoms. The zero-order valence-electron chi connectivity index (χ0n) is 20.0. The topological polar surface area (TPSA) is 79.9 Å². The fourth-order valence-corrected chi connectivity index (χ4v) is 4.05. The number of piperidine rings is 1. The van der Waals surface area contributed by atoms with Gasteiger partial charge in [-0.25, -0.2) is 0 Å². The number of anilines is 1. The second-order valence-electron chi connectivity index (χ2n) is 8.51. The molecule has 0 spiro atoms. The van der Waals surface area contributed by atoms with Gasteiger partial charge in [-0.2, -0.15) is 0 Å². The second-order valence-corrected chi connectivity index (χ2v) is 8.51. The normalized spacial score (nSPS) is 15.0. The first-order chi connectivity index (χ1) is 16.0. The molecule has 7 nitrogen and oxygen atoms in total. The van der Waals surface area contributed by atoms with Crippen LogP contribution >= 0.6 is 0 Å². The summed E-state index contributed by atoms with van der Waals surface area (Å²) in [5, 5.41) is 6.19. The minimum absolute atomic E-state index is 0.0368. The zero-order valence-corrected chi connectivity index (χ0v) is 20.0. The Balaban J connectivity index is 1.63. The molecule has 1 aliphatic rings. The van der Waals surface area contributed by atoms with E-state index >= 15 is 0 Å². The minimum Gasteiger partial charge on any atom is -0.496 e. The summed E-state index contributed by atoms with van der Waals surface area (Å²) >= 11 is 0. The maximum atomic E-state index is 13.0. The number of methoxy groups -OCH3 is 2. The molecule has 2 aromatic rings. The van der Waals surface area contributed by atoms with Crippen LogP contribution in [-0.4, -0.2) is 51.7 Å². The number of rotatable bonds is 9. The molecule has 1 fully saturated rings. The lowest BCUT2D eigenvalue weighted by atomic mass is 10.0. The number of ether oxygens (including phenoxy) is 2. The van der Waals surface area contributed by atoms with Crippen LogP contribution < -0.4 is 25.0 Å². The van der Waals surface area contributed by atoms with Crippen molar-refractivity contribution in [2.24, 2.45) is 5.92 Å². The third-order valence-electron chi connectivity index (χ3n) is 6.28. The number of para-hydroxylation sites is 1. The molecule has 3 rings (SSSR count). The monoisotopic (exact) mass is 453 g/mol. The number of benzene rings is 2. The van der Waals surface area contributed by atoms with E-state index in [1.807, 2.05) is 24.3 Å². The lowest BCUT2D eigenvalue weighted by Gasteiger charge is -2.35. The molecule has 1 saturated heterocycles. The Morgan fingerprint density at radius 2 is 1.64 bits per heavy atom. The first-order valence-corrected chi connectivity index (χ1v) is 11.6. The maximum absolute atomic E-state index is 13.0. The van der Waals surface area contributed by atoms with Crippen molar-refractivity contribution in [1.29, 1.82) is 0 Å². The number of nitrogens with zero attached hydrogens (tertiary/aromatic N) is 1. The van der Waals surface area contributed by atoms with Crippen molar-refractivity contribution < 1.29 is 19.1 Å². The molecule has 178 valence electrons. The lowest BCUT2D eigenvalue weighted by molar-refractivity contribution is 0.0923. The van der Waals surface area contributed by atoms with Crippen molar-refractivity contribution in [2.75, 3.05) is 38.8 Å². The molecule has 1 aliphatic heterocycles. The average molecular weight is 454 g/mol. The zero-order chi connectivity index (χ0) is 23.8. The fraction of sp³-hybridized carbons (Fsp3) is 0.462. The molecule has 1 atom stereocenters. The molecule has 1 unspecified atom stereocenters. The molecule has 2 amide bonds. The van der Waals surface area contributed by atoms with Crippen molar-refractivity contribution in [1.82, 2.24) is 10.6 Å². The van der Waals surface area contributed by atoms with Crippen LogP contribution in [0, 0.1) is 5.92 Å². The maximum Gasteiger partial charge on any atom is 0.259 e. The molecule has 2 aromatic carbocycles. The van der Waals surface area contributed by atoms with Crippen molar-refractivity contribution >= 4 is 17.5 Å². The Bertz CT molecular complexity index is 932. The summed E-state index contributed by atoms with van der Waals surface area (Å²) in [6.45, 7) is 6.43. The van der Waals surface area contributed by atoms with Crippen molar-refractivity contribution in [3.8, 4) is 11.5 Å². The Hall–Kier alpha value is -3.22. The van der Waals surface area contributed by atoms with Gasteiger partial charge in [0, 0.05) is 31.4 Å². The van der Waals surface area contributed by atoms with E-state index < -0.39 is 0 Å². The second kappa shape index (κ2) is 11.6. The van der Waals surface area contributed by atoms with Crippen molar-refractivity contribution in [2.45, 2.75) is 39.2 Å². The van der Waals surface area contributed by atoms with E-state index in [1.54, 1.807) is 32.4 Å². The summed E-state index contributed by atoms with van der Waals surface area (Å²) < 4.78 is 10.7. The highest BCUT2D eigenvalue weighted by Crippen LogP contribution is 2.29. The quantitative estimate of drug-likeness (QED) is 0.602. The van der Waals surface area contributed by atoms with Gasteiger partial charge in [0.2, 0.25) is 0 Å². The molecule has 0 aliphatic carbocycles. The number of hydrogen-bond donors (Lipinski definition) is 2. The Labute approximate surface area is 196 Å². The number of carbonyl (C=O) groups is 2. The third-order valence-corrected chi connectivity index (χ3v) is 6.28. The first-order valence-electron chi connectivity index (χ1n) is 11.6. The van der Waals surface area contributed by atoms with Gasteiger partial charge in [-0.15, -0.1) is 0 Å². The third kappa shape index (κ3) is 5.97. The predicted molar refractivity (Wildman–Crippen MR) is 130 cm³/mol. The number of hydrogen-bond acceptors (Lipinski definition) is 5. The number of amides is 2. The van der Waals surface area contributed by atoms with E-state index in [1.165, 1.54) is 0 Å². The van der Waals surface area contributed by atoms with E-state index in [-0.39, 0.29) is 17.9 Å². The van der Waals surface area contributed by atoms with Gasteiger partial charge in [-0.05, 0) is 43.0 Å². The van der Waals surface area contributed by atoms with E-state index in [0.717, 1.165) is 38.0 Å². The number of carbonyl (C=O) groups excluding carboxylic acids is 2. The predicted octanol–water partition coefficient (Wildman–Crippen LogP) is 3.88. The van der Waals surface area contributed by atoms with Crippen molar-refractivity contribution in [3.63, 3.8) is 0 Å². The van der Waals surface area contributed by atoms with E-state index in [9.17, 15) is 9.59 Å². The van der Waals surface area contributed by atoms with Gasteiger partial charge >= 0.3 is 0 Å². The molecule has 2 N–H and O–H groups in total. The van der Waals surface area contributed by atoms with Crippen LogP contribution in [-0.2, 0) is 0 Å². The summed E-state index contributed by atoms with van der Waals surface area (Å²) in [5.41, 5.74) is 2.05. The van der Waals surface area contributed by atoms with E-state index in [4.69, 9.17) is 9.47 Å². The van der Waals surface area contributed by atoms with Gasteiger partial charge in [0.25, 0.3) is 11.8 Å². The SMILES string of the molecule is CCC(C)CNC(=O)c1ccccc1N1CCC(NC(=O)c2c(OC)cccc2OC)CC1. The Morgan fingerprint density at radius 3 is 2.24 bits per heavy atom. The Morgan fingerprint density at radius 1 is 1.00 bits per heavy atom. The van der Waals surface area contributed by atoms with E-state index in [2.05, 4.69) is 29.4 Å². The van der Waals surface area contributed by atoms with Gasteiger partial charge < -0.3 is 25.0 Å². The van der Waals surface area contributed by atoms with Gasteiger partial charge in [-0.3, -0.25) is 9.59 Å². The van der Waals surface area contributed by atoms with Crippen LogP contribution in [0.3, 0.4) is 0 Å². The van der Waals surface area contributed by atoms with Gasteiger partial charge in [0.05, 0.1) is 19.8 Å². The van der Waals surface area contributed by atoms with Crippen LogP contribution in [0.4, 0.5) is 5.69 Å². The van der Waals surface area contributed by atoms with Crippen LogP contribution in [0.2, 0.25) is 0 Å². The largest absolute Gasteiger partial charge is 0.496 e. The summed E-state index contributed by atoms with van der Waals surface area (Å²) in [7, 11) is 3.08. The molecule has 0 radical (unpaired) electrons. The molecule has 0 aromatic heterocycles. The molecular weight excluding hydrogens is 418 g/mol. The molecule has 0 bridgehead atoms. The fourth-order valence-electron chi connectivity index (χ4n) is 4.05. The summed E-state index contributed by atoms with van der Waals surface area (Å²) in [5.74, 6) is 1.18. The molecule has 33 heavy (non-hydrogen) atoms. The van der Waals surface area contributed by atoms with Crippen molar-refractivity contribution in [3.05, 3.63) is 53.6 Å². The minimum atomic E-state index is -0.201. The lowest BCUT2D eigenvalue weighted by Crippen LogP contribution is -2.45. The number of nitrogens with one attached hydrogen (secondary N) is 2. The van der Waals surface area contributed by atoms with Crippen LogP contribution in [0.5, 0.6) is 11.5 Å². The Kier molecular flexibility index (Phi) is 8.58. The van der Waals surface area contributed by atoms with Gasteiger partial charge in [-0.1, -0.05) is 38.5 Å². The molecule has 1 heterocycles. The highest BCUT2D eigenvalue weighted by atomic mass is 16.5. The van der Waals surface area contributed by atoms with Gasteiger partial charge in [0.1, 0.15) is 17.1 Å². The van der Waals surface area contributed by atoms with Crippen LogP contribution in [0.15, 0.2) is 42.5 Å². The van der Waals surface area contributed by atoms with Gasteiger partial charge in [0.15, 0.2) is 0 Å². The summed E-state index contributed by atoms with van der Waals surface area (Å²) in [6, 6.07) is 13.1. The average Bonchev–Trinajstić information content (AvgIpc) is 2.86. The first kappa shape index (κ1) is 24.4. The summed E-state index contributed by atoms with van der Waals surface area (Å²) in [4.78, 5) is 28.0. The molecule has 0 saturated carbocycles. The smallest absolute Gasteiger partial charge is 0.259 e.